The Bertz CT molecular complexity index is 4980. The highest BCUT2D eigenvalue weighted by molar-refractivity contribution is 6.26. The predicted octanol–water partition coefficient (Wildman–Crippen LogP) is 18.1. The first-order valence-corrected chi connectivity index (χ1v) is 25.4. The lowest BCUT2D eigenvalue weighted by atomic mass is 9.99. The molecule has 0 amide bonds. The Morgan fingerprint density at radius 3 is 0.947 bits per heavy atom. The fraction of sp³-hybridized carbons (Fsp3) is 0.0147. The molecule has 75 heavy (non-hydrogen) atoms. The van der Waals surface area contributed by atoms with E-state index in [4.69, 9.17) is 8.83 Å². The fourth-order valence-corrected chi connectivity index (χ4v) is 13.2. The molecule has 0 unspecified atom stereocenters. The molecule has 7 nitrogen and oxygen atoms in total. The normalized spacial score (nSPS) is 12.3. The lowest BCUT2D eigenvalue weighted by molar-refractivity contribution is 0.672. The van der Waals surface area contributed by atoms with Crippen LogP contribution in [0.15, 0.2) is 227 Å². The first-order valence-electron chi connectivity index (χ1n) is 25.4. The third-order valence-corrected chi connectivity index (χ3v) is 16.2. The molecule has 0 bridgehead atoms. The van der Waals surface area contributed by atoms with Gasteiger partial charge in [-0.25, -0.2) is 0 Å². The Morgan fingerprint density at radius 2 is 0.587 bits per heavy atom. The van der Waals surface area contributed by atoms with Crippen LogP contribution in [0.25, 0.3) is 154 Å². The van der Waals surface area contributed by atoms with E-state index in [2.05, 4.69) is 238 Å². The molecule has 0 fully saturated rings. The number of aromatic nitrogens is 4. The molecule has 7 heteroatoms. The van der Waals surface area contributed by atoms with Crippen molar-refractivity contribution in [3.8, 4) is 28.8 Å². The maximum Gasteiger partial charge on any atom is 0.145 e. The second-order valence-corrected chi connectivity index (χ2v) is 19.8. The molecule has 0 radical (unpaired) electrons. The first kappa shape index (κ1) is 40.3. The van der Waals surface area contributed by atoms with Crippen molar-refractivity contribution in [2.75, 3.05) is 0 Å². The molecule has 17 aromatic rings. The zero-order valence-electron chi connectivity index (χ0n) is 40.3. The van der Waals surface area contributed by atoms with E-state index >= 15 is 0 Å². The van der Waals surface area contributed by atoms with Crippen molar-refractivity contribution in [2.24, 2.45) is 0 Å². The molecule has 17 rings (SSSR count). The van der Waals surface area contributed by atoms with Crippen LogP contribution in [0.3, 0.4) is 0 Å². The minimum absolute atomic E-state index is 0.523. The maximum atomic E-state index is 12.7. The van der Waals surface area contributed by atoms with Crippen LogP contribution in [0.1, 0.15) is 11.1 Å². The Kier molecular flexibility index (Phi) is 7.88. The molecular formula is C68H39N5O2. The quantitative estimate of drug-likeness (QED) is 0.176. The standard InChI is InChI=1S/C68H39N5O2/c1-39-63(72-55-30-14-6-24-48(55)61-57(72)36-34-46-44-22-8-16-32-59(44)74-67(46)61)65(70-51-26-10-2-18-40(51)41-19-3-11-27-52(41)70)50(38-69)66(71-53-28-12-4-20-42(53)43-21-5-13-29-54(43)71)64(39)73-56-31-15-7-25-49(56)62-58(73)37-35-47-45-23-9-17-33-60(45)75-68(47)62/h2-37H,1H3. The second kappa shape index (κ2) is 14.7. The van der Waals surface area contributed by atoms with E-state index in [9.17, 15) is 5.26 Å². The number of para-hydroxylation sites is 8. The number of hydrogen-bond acceptors (Lipinski definition) is 3. The number of nitriles is 1. The predicted molar refractivity (Wildman–Crippen MR) is 308 cm³/mol. The monoisotopic (exact) mass is 957 g/mol. The molecule has 0 spiro atoms. The van der Waals surface area contributed by atoms with Gasteiger partial charge >= 0.3 is 0 Å². The van der Waals surface area contributed by atoms with Gasteiger partial charge in [-0.2, -0.15) is 5.26 Å². The van der Waals surface area contributed by atoms with Crippen LogP contribution in [0.4, 0.5) is 0 Å². The Labute approximate surface area is 426 Å². The molecule has 0 aliphatic carbocycles. The summed E-state index contributed by atoms with van der Waals surface area (Å²) >= 11 is 0. The van der Waals surface area contributed by atoms with Gasteiger partial charge in [0.1, 0.15) is 34.0 Å². The Balaban J connectivity index is 1.16. The number of hydrogen-bond donors (Lipinski definition) is 0. The van der Waals surface area contributed by atoms with E-state index in [1.54, 1.807) is 0 Å². The molecule has 6 aromatic heterocycles. The summed E-state index contributed by atoms with van der Waals surface area (Å²) in [5.74, 6) is 0. The summed E-state index contributed by atoms with van der Waals surface area (Å²) in [7, 11) is 0. The number of rotatable bonds is 4. The number of furan rings is 2. The highest BCUT2D eigenvalue weighted by Crippen LogP contribution is 2.50. The Morgan fingerprint density at radius 1 is 0.293 bits per heavy atom. The van der Waals surface area contributed by atoms with Gasteiger partial charge in [-0.15, -0.1) is 0 Å². The van der Waals surface area contributed by atoms with Crippen LogP contribution in [-0.4, -0.2) is 18.3 Å². The van der Waals surface area contributed by atoms with Crippen molar-refractivity contribution in [1.82, 2.24) is 18.3 Å². The van der Waals surface area contributed by atoms with E-state index < -0.39 is 0 Å². The van der Waals surface area contributed by atoms with Gasteiger partial charge in [0.25, 0.3) is 0 Å². The lowest BCUT2D eigenvalue weighted by Crippen LogP contribution is -2.16. The van der Waals surface area contributed by atoms with Gasteiger partial charge < -0.3 is 27.1 Å². The molecule has 0 saturated carbocycles. The van der Waals surface area contributed by atoms with Gasteiger partial charge in [0.2, 0.25) is 0 Å². The van der Waals surface area contributed by atoms with Gasteiger partial charge in [0.15, 0.2) is 0 Å². The molecule has 0 saturated heterocycles. The summed E-state index contributed by atoms with van der Waals surface area (Å²) in [4.78, 5) is 0. The van der Waals surface area contributed by atoms with Crippen molar-refractivity contribution in [1.29, 1.82) is 5.26 Å². The zero-order chi connectivity index (χ0) is 49.2. The molecule has 0 N–H and O–H groups in total. The third kappa shape index (κ3) is 5.12. The molecule has 11 aromatic carbocycles. The van der Waals surface area contributed by atoms with Crippen LogP contribution >= 0.6 is 0 Å². The van der Waals surface area contributed by atoms with E-state index in [-0.39, 0.29) is 0 Å². The average molecular weight is 958 g/mol. The summed E-state index contributed by atoms with van der Waals surface area (Å²) in [6.45, 7) is 2.27. The SMILES string of the molecule is Cc1c(-n2c3ccccc3c3c4oc5ccccc5c4ccc32)c(-n2c3ccccc3c3ccccc32)c(C#N)c(-n2c3ccccc3c3ccccc32)c1-n1c2ccccc2c2c3oc4ccccc4c3ccc21. The second-order valence-electron chi connectivity index (χ2n) is 19.8. The van der Waals surface area contributed by atoms with Crippen LogP contribution in [0.2, 0.25) is 0 Å². The van der Waals surface area contributed by atoms with Crippen molar-refractivity contribution < 1.29 is 8.83 Å². The Hall–Kier alpha value is -10.3. The van der Waals surface area contributed by atoms with Crippen molar-refractivity contribution in [3.05, 3.63) is 230 Å². The van der Waals surface area contributed by atoms with Crippen LogP contribution in [0.5, 0.6) is 0 Å². The van der Waals surface area contributed by atoms with E-state index in [1.165, 1.54) is 0 Å². The first-order chi connectivity index (χ1) is 37.2. The lowest BCUT2D eigenvalue weighted by Gasteiger charge is -2.28. The van der Waals surface area contributed by atoms with Gasteiger partial charge in [-0.1, -0.05) is 146 Å². The van der Waals surface area contributed by atoms with Gasteiger partial charge in [-0.3, -0.25) is 0 Å². The molecule has 6 heterocycles. The van der Waals surface area contributed by atoms with Gasteiger partial charge in [-0.05, 0) is 79.7 Å². The maximum absolute atomic E-state index is 12.7. The highest BCUT2D eigenvalue weighted by atomic mass is 16.3. The molecule has 0 aliphatic heterocycles. The van der Waals surface area contributed by atoms with Crippen LogP contribution in [0, 0.1) is 18.3 Å². The molecular weight excluding hydrogens is 919 g/mol. The molecule has 0 atom stereocenters. The van der Waals surface area contributed by atoms with Gasteiger partial charge in [0, 0.05) is 59.4 Å². The number of fused-ring (bicyclic) bond motifs is 20. The van der Waals surface area contributed by atoms with E-state index in [1.807, 2.05) is 12.1 Å². The minimum atomic E-state index is 0.523. The zero-order valence-corrected chi connectivity index (χ0v) is 40.3. The average Bonchev–Trinajstić information content (AvgIpc) is 4.42. The summed E-state index contributed by atoms with van der Waals surface area (Å²) < 4.78 is 23.4. The summed E-state index contributed by atoms with van der Waals surface area (Å²) in [6.07, 6.45) is 0. The van der Waals surface area contributed by atoms with Crippen molar-refractivity contribution in [2.45, 2.75) is 6.92 Å². The van der Waals surface area contributed by atoms with Crippen molar-refractivity contribution >= 4 is 131 Å². The number of nitrogens with zero attached hydrogens (tertiary/aromatic N) is 5. The molecule has 0 aliphatic rings. The summed E-state index contributed by atoms with van der Waals surface area (Å²) in [6, 6.07) is 80.2. The third-order valence-electron chi connectivity index (χ3n) is 16.2. The van der Waals surface area contributed by atoms with E-state index in [0.717, 1.165) is 159 Å². The highest BCUT2D eigenvalue weighted by Gasteiger charge is 2.34. The number of benzene rings is 11. The van der Waals surface area contributed by atoms with Crippen LogP contribution in [-0.2, 0) is 0 Å². The van der Waals surface area contributed by atoms with Crippen molar-refractivity contribution in [3.63, 3.8) is 0 Å². The molecule has 348 valence electrons. The van der Waals surface area contributed by atoms with Gasteiger partial charge in [0.05, 0.1) is 77.7 Å². The largest absolute Gasteiger partial charge is 0.455 e. The van der Waals surface area contributed by atoms with Crippen LogP contribution < -0.4 is 0 Å². The smallest absolute Gasteiger partial charge is 0.145 e. The summed E-state index contributed by atoms with van der Waals surface area (Å²) in [5, 5.41) is 25.5. The summed E-state index contributed by atoms with van der Waals surface area (Å²) in [5.41, 5.74) is 16.1. The van der Waals surface area contributed by atoms with E-state index in [0.29, 0.717) is 5.56 Å². The minimum Gasteiger partial charge on any atom is -0.455 e. The fourth-order valence-electron chi connectivity index (χ4n) is 13.2. The topological polar surface area (TPSA) is 69.8 Å².